The Morgan fingerprint density at radius 2 is 1.95 bits per heavy atom. The predicted molar refractivity (Wildman–Crippen MR) is 74.1 cm³/mol. The van der Waals surface area contributed by atoms with Crippen LogP contribution in [0.1, 0.15) is 5.56 Å². The van der Waals surface area contributed by atoms with E-state index in [1.165, 1.54) is 19.2 Å². The fourth-order valence-electron chi connectivity index (χ4n) is 1.77. The van der Waals surface area contributed by atoms with Gasteiger partial charge < -0.3 is 15.2 Å². The van der Waals surface area contributed by atoms with Crippen LogP contribution in [0.5, 0.6) is 17.2 Å². The van der Waals surface area contributed by atoms with Gasteiger partial charge in [0.2, 0.25) is 0 Å². The number of ether oxygens (including phenoxy) is 2. The van der Waals surface area contributed by atoms with Crippen molar-refractivity contribution < 1.29 is 14.4 Å². The van der Waals surface area contributed by atoms with Crippen molar-refractivity contribution in [3.63, 3.8) is 0 Å². The molecule has 0 saturated heterocycles. The molecule has 20 heavy (non-hydrogen) atoms. The highest BCUT2D eigenvalue weighted by Gasteiger charge is 2.16. The Bertz CT molecular complexity index is 628. The summed E-state index contributed by atoms with van der Waals surface area (Å²) in [5.41, 5.74) is 6.30. The first-order valence-corrected chi connectivity index (χ1v) is 5.94. The lowest BCUT2D eigenvalue weighted by Crippen LogP contribution is -1.99. The molecule has 6 nitrogen and oxygen atoms in total. The van der Waals surface area contributed by atoms with Crippen molar-refractivity contribution in [2.24, 2.45) is 5.73 Å². The van der Waals surface area contributed by atoms with E-state index in [0.717, 1.165) is 5.56 Å². The van der Waals surface area contributed by atoms with Gasteiger partial charge in [0, 0.05) is 12.1 Å². The molecular weight excluding hydrogens is 260 g/mol. The number of nitro groups is 1. The number of benzene rings is 2. The molecule has 6 heteroatoms. The van der Waals surface area contributed by atoms with Crippen LogP contribution in [0.3, 0.4) is 0 Å². The molecule has 0 radical (unpaired) electrons. The average Bonchev–Trinajstić information content (AvgIpc) is 2.47. The van der Waals surface area contributed by atoms with Gasteiger partial charge in [-0.1, -0.05) is 18.2 Å². The fourth-order valence-corrected chi connectivity index (χ4v) is 1.77. The molecule has 0 aliphatic heterocycles. The molecule has 0 aliphatic rings. The Hall–Kier alpha value is -2.60. The molecule has 0 bridgehead atoms. The van der Waals surface area contributed by atoms with Crippen molar-refractivity contribution in [1.29, 1.82) is 0 Å². The van der Waals surface area contributed by atoms with Gasteiger partial charge in [-0.3, -0.25) is 10.1 Å². The van der Waals surface area contributed by atoms with E-state index in [4.69, 9.17) is 15.2 Å². The van der Waals surface area contributed by atoms with Gasteiger partial charge in [-0.15, -0.1) is 0 Å². The largest absolute Gasteiger partial charge is 0.490 e. The molecule has 2 rings (SSSR count). The van der Waals surface area contributed by atoms with E-state index >= 15 is 0 Å². The van der Waals surface area contributed by atoms with Gasteiger partial charge in [0.1, 0.15) is 11.5 Å². The van der Waals surface area contributed by atoms with Crippen LogP contribution < -0.4 is 15.2 Å². The molecule has 0 unspecified atom stereocenters. The number of methoxy groups -OCH3 is 1. The first kappa shape index (κ1) is 13.8. The minimum absolute atomic E-state index is 0.143. The van der Waals surface area contributed by atoms with E-state index in [9.17, 15) is 10.1 Å². The summed E-state index contributed by atoms with van der Waals surface area (Å²) in [5.74, 6) is 1.13. The van der Waals surface area contributed by atoms with Crippen LogP contribution in [-0.2, 0) is 6.54 Å². The first-order valence-electron chi connectivity index (χ1n) is 5.94. The molecule has 0 saturated carbocycles. The Balaban J connectivity index is 2.34. The van der Waals surface area contributed by atoms with E-state index in [-0.39, 0.29) is 11.4 Å². The van der Waals surface area contributed by atoms with Gasteiger partial charge in [0.25, 0.3) is 0 Å². The second-order valence-electron chi connectivity index (χ2n) is 4.00. The van der Waals surface area contributed by atoms with E-state index in [1.807, 2.05) is 18.2 Å². The number of hydrogen-bond acceptors (Lipinski definition) is 5. The lowest BCUT2D eigenvalue weighted by Gasteiger charge is -2.10. The third-order valence-corrected chi connectivity index (χ3v) is 2.77. The van der Waals surface area contributed by atoms with Gasteiger partial charge in [0.05, 0.1) is 18.1 Å². The normalized spacial score (nSPS) is 10.1. The number of rotatable bonds is 5. The molecule has 0 amide bonds. The molecule has 2 aromatic carbocycles. The summed E-state index contributed by atoms with van der Waals surface area (Å²) < 4.78 is 10.6. The highest BCUT2D eigenvalue weighted by molar-refractivity contribution is 5.52. The summed E-state index contributed by atoms with van der Waals surface area (Å²) in [5, 5.41) is 11.0. The molecular formula is C14H14N2O4. The number of para-hydroxylation sites is 1. The number of nitro benzene ring substituents is 1. The Morgan fingerprint density at radius 3 is 2.60 bits per heavy atom. The van der Waals surface area contributed by atoms with E-state index < -0.39 is 4.92 Å². The van der Waals surface area contributed by atoms with Crippen molar-refractivity contribution in [2.75, 3.05) is 7.11 Å². The highest BCUT2D eigenvalue weighted by Crippen LogP contribution is 2.33. The first-order chi connectivity index (χ1) is 9.65. The summed E-state index contributed by atoms with van der Waals surface area (Å²) in [6.07, 6.45) is 0. The summed E-state index contributed by atoms with van der Waals surface area (Å²) in [6.45, 7) is 0.328. The third-order valence-electron chi connectivity index (χ3n) is 2.77. The minimum atomic E-state index is -0.513. The topological polar surface area (TPSA) is 87.6 Å². The molecule has 0 heterocycles. The van der Waals surface area contributed by atoms with Crippen LogP contribution in [0.2, 0.25) is 0 Å². The van der Waals surface area contributed by atoms with Crippen LogP contribution in [0.25, 0.3) is 0 Å². The summed E-state index contributed by atoms with van der Waals surface area (Å²) in [7, 11) is 1.38. The average molecular weight is 274 g/mol. The van der Waals surface area contributed by atoms with Crippen molar-refractivity contribution in [1.82, 2.24) is 0 Å². The molecule has 0 fully saturated rings. The van der Waals surface area contributed by atoms with Crippen molar-refractivity contribution in [3.8, 4) is 17.2 Å². The number of nitrogens with zero attached hydrogens (tertiary/aromatic N) is 1. The van der Waals surface area contributed by atoms with Crippen LogP contribution in [-0.4, -0.2) is 12.0 Å². The molecule has 2 aromatic rings. The maximum atomic E-state index is 11.0. The predicted octanol–water partition coefficient (Wildman–Crippen LogP) is 2.85. The summed E-state index contributed by atoms with van der Waals surface area (Å²) in [6, 6.07) is 11.7. The quantitative estimate of drug-likeness (QED) is 0.669. The Kier molecular flexibility index (Phi) is 4.17. The zero-order valence-corrected chi connectivity index (χ0v) is 10.9. The molecule has 104 valence electrons. The minimum Gasteiger partial charge on any atom is -0.490 e. The van der Waals surface area contributed by atoms with Crippen molar-refractivity contribution >= 4 is 5.69 Å². The van der Waals surface area contributed by atoms with Gasteiger partial charge in [-0.25, -0.2) is 0 Å². The SMILES string of the molecule is COc1ccc(Oc2ccccc2CN)cc1[N+](=O)[O-]. The molecule has 0 aromatic heterocycles. The standard InChI is InChI=1S/C14H14N2O4/c1-19-14-7-6-11(8-12(14)16(17)18)20-13-5-3-2-4-10(13)9-15/h2-8H,9,15H2,1H3. The van der Waals surface area contributed by atoms with Crippen LogP contribution in [0.15, 0.2) is 42.5 Å². The molecule has 0 atom stereocenters. The molecule has 0 aliphatic carbocycles. The molecule has 0 spiro atoms. The second-order valence-corrected chi connectivity index (χ2v) is 4.00. The van der Waals surface area contributed by atoms with Gasteiger partial charge in [-0.2, -0.15) is 0 Å². The highest BCUT2D eigenvalue weighted by atomic mass is 16.6. The van der Waals surface area contributed by atoms with Crippen LogP contribution in [0, 0.1) is 10.1 Å². The Morgan fingerprint density at radius 1 is 1.20 bits per heavy atom. The van der Waals surface area contributed by atoms with E-state index in [0.29, 0.717) is 18.0 Å². The molecule has 2 N–H and O–H groups in total. The summed E-state index contributed by atoms with van der Waals surface area (Å²) in [4.78, 5) is 10.4. The maximum Gasteiger partial charge on any atom is 0.314 e. The third kappa shape index (κ3) is 2.86. The van der Waals surface area contributed by atoms with Gasteiger partial charge in [0.15, 0.2) is 5.75 Å². The van der Waals surface area contributed by atoms with E-state index in [2.05, 4.69) is 0 Å². The number of nitrogens with two attached hydrogens (primary N) is 1. The zero-order chi connectivity index (χ0) is 14.5. The van der Waals surface area contributed by atoms with Crippen LogP contribution >= 0.6 is 0 Å². The van der Waals surface area contributed by atoms with Gasteiger partial charge >= 0.3 is 5.69 Å². The van der Waals surface area contributed by atoms with Crippen molar-refractivity contribution in [2.45, 2.75) is 6.54 Å². The lowest BCUT2D eigenvalue weighted by atomic mass is 10.2. The zero-order valence-electron chi connectivity index (χ0n) is 10.9. The van der Waals surface area contributed by atoms with Crippen LogP contribution in [0.4, 0.5) is 5.69 Å². The summed E-state index contributed by atoms with van der Waals surface area (Å²) >= 11 is 0. The monoisotopic (exact) mass is 274 g/mol. The van der Waals surface area contributed by atoms with E-state index in [1.54, 1.807) is 12.1 Å². The fraction of sp³-hybridized carbons (Fsp3) is 0.143. The number of hydrogen-bond donors (Lipinski definition) is 1. The van der Waals surface area contributed by atoms with Gasteiger partial charge in [-0.05, 0) is 18.2 Å². The maximum absolute atomic E-state index is 11.0. The Labute approximate surface area is 115 Å². The van der Waals surface area contributed by atoms with Crippen molar-refractivity contribution in [3.05, 3.63) is 58.1 Å². The lowest BCUT2D eigenvalue weighted by molar-refractivity contribution is -0.385. The second kappa shape index (κ2) is 6.03. The smallest absolute Gasteiger partial charge is 0.314 e.